The summed E-state index contributed by atoms with van der Waals surface area (Å²) in [4.78, 5) is 0. The number of para-hydroxylation sites is 1. The molecule has 2 unspecified atom stereocenters. The van der Waals surface area contributed by atoms with Gasteiger partial charge < -0.3 is 9.73 Å². The van der Waals surface area contributed by atoms with Crippen molar-refractivity contribution in [1.29, 1.82) is 0 Å². The van der Waals surface area contributed by atoms with E-state index in [1.54, 1.807) is 0 Å². The number of nitrogens with one attached hydrogen (secondary N) is 1. The summed E-state index contributed by atoms with van der Waals surface area (Å²) in [5, 5.41) is 5.27. The summed E-state index contributed by atoms with van der Waals surface area (Å²) < 4.78 is 6.10. The molecule has 3 heteroatoms. The van der Waals surface area contributed by atoms with E-state index in [0.29, 0.717) is 16.4 Å². The zero-order valence-electron chi connectivity index (χ0n) is 13.1. The summed E-state index contributed by atoms with van der Waals surface area (Å²) in [7, 11) is 2.03. The largest absolute Gasteiger partial charge is 0.458 e. The molecule has 114 valence electrons. The van der Waals surface area contributed by atoms with Crippen molar-refractivity contribution in [3.63, 3.8) is 0 Å². The third kappa shape index (κ3) is 2.72. The fourth-order valence-electron chi connectivity index (χ4n) is 3.88. The number of rotatable bonds is 3. The van der Waals surface area contributed by atoms with E-state index >= 15 is 0 Å². The Morgan fingerprint density at radius 1 is 1.33 bits per heavy atom. The van der Waals surface area contributed by atoms with Crippen LogP contribution in [0.2, 0.25) is 5.02 Å². The average Bonchev–Trinajstić information content (AvgIpc) is 2.86. The van der Waals surface area contributed by atoms with Gasteiger partial charge >= 0.3 is 0 Å². The predicted molar refractivity (Wildman–Crippen MR) is 88.8 cm³/mol. The standard InChI is InChI=1S/C18H24ClNO/c1-18(2)10-5-4-8-13(18)16(20-3)15-11-12-7-6-9-14(19)17(12)21-15/h6-7,9,11,13,16,20H,4-5,8,10H2,1-3H3. The van der Waals surface area contributed by atoms with E-state index in [4.69, 9.17) is 16.0 Å². The Kier molecular flexibility index (Phi) is 4.02. The Labute approximate surface area is 131 Å². The molecule has 0 radical (unpaired) electrons. The van der Waals surface area contributed by atoms with Crippen LogP contribution in [0.15, 0.2) is 28.7 Å². The van der Waals surface area contributed by atoms with Crippen molar-refractivity contribution >= 4 is 22.6 Å². The Hall–Kier alpha value is -0.990. The molecule has 1 aromatic heterocycles. The van der Waals surface area contributed by atoms with Gasteiger partial charge in [-0.05, 0) is 43.4 Å². The third-order valence-corrected chi connectivity index (χ3v) is 5.42. The SMILES string of the molecule is CNC(c1cc2cccc(Cl)c2o1)C1CCCCC1(C)C. The van der Waals surface area contributed by atoms with Crippen LogP contribution in [0.4, 0.5) is 0 Å². The van der Waals surface area contributed by atoms with Crippen molar-refractivity contribution in [3.8, 4) is 0 Å². The van der Waals surface area contributed by atoms with Gasteiger partial charge in [-0.15, -0.1) is 0 Å². The molecule has 0 aliphatic heterocycles. The van der Waals surface area contributed by atoms with Gasteiger partial charge in [-0.1, -0.05) is 50.4 Å². The van der Waals surface area contributed by atoms with Crippen LogP contribution in [0.5, 0.6) is 0 Å². The van der Waals surface area contributed by atoms with E-state index in [1.165, 1.54) is 25.7 Å². The molecule has 3 rings (SSSR count). The van der Waals surface area contributed by atoms with E-state index in [1.807, 2.05) is 19.2 Å². The molecule has 1 aliphatic carbocycles. The van der Waals surface area contributed by atoms with Gasteiger partial charge in [0.15, 0.2) is 5.58 Å². The van der Waals surface area contributed by atoms with E-state index in [-0.39, 0.29) is 6.04 Å². The van der Waals surface area contributed by atoms with Gasteiger partial charge in [0, 0.05) is 5.39 Å². The first-order valence-electron chi connectivity index (χ1n) is 7.88. The maximum Gasteiger partial charge on any atom is 0.152 e. The van der Waals surface area contributed by atoms with Gasteiger partial charge in [0.25, 0.3) is 0 Å². The van der Waals surface area contributed by atoms with Crippen molar-refractivity contribution < 1.29 is 4.42 Å². The summed E-state index contributed by atoms with van der Waals surface area (Å²) in [6.45, 7) is 4.77. The second kappa shape index (κ2) is 5.66. The molecule has 1 saturated carbocycles. The number of benzene rings is 1. The van der Waals surface area contributed by atoms with Crippen molar-refractivity contribution in [3.05, 3.63) is 35.0 Å². The van der Waals surface area contributed by atoms with Crippen LogP contribution in [0, 0.1) is 11.3 Å². The number of fused-ring (bicyclic) bond motifs is 1. The second-order valence-corrected chi connectivity index (χ2v) is 7.32. The van der Waals surface area contributed by atoms with Gasteiger partial charge in [0.1, 0.15) is 5.76 Å². The van der Waals surface area contributed by atoms with Crippen molar-refractivity contribution in [2.45, 2.75) is 45.6 Å². The molecule has 1 heterocycles. The lowest BCUT2D eigenvalue weighted by Crippen LogP contribution is -2.37. The lowest BCUT2D eigenvalue weighted by atomic mass is 9.65. The van der Waals surface area contributed by atoms with Gasteiger partial charge in [0.2, 0.25) is 0 Å². The molecule has 1 fully saturated rings. The molecule has 2 aromatic rings. The zero-order chi connectivity index (χ0) is 15.0. The van der Waals surface area contributed by atoms with E-state index in [0.717, 1.165) is 16.7 Å². The minimum atomic E-state index is 0.253. The Morgan fingerprint density at radius 2 is 2.14 bits per heavy atom. The monoisotopic (exact) mass is 305 g/mol. The molecule has 1 N–H and O–H groups in total. The van der Waals surface area contributed by atoms with Gasteiger partial charge in [-0.25, -0.2) is 0 Å². The smallest absolute Gasteiger partial charge is 0.152 e. The highest BCUT2D eigenvalue weighted by Gasteiger charge is 2.38. The summed E-state index contributed by atoms with van der Waals surface area (Å²) in [5.41, 5.74) is 1.15. The maximum atomic E-state index is 6.25. The Morgan fingerprint density at radius 3 is 2.81 bits per heavy atom. The van der Waals surface area contributed by atoms with Crippen molar-refractivity contribution in [2.75, 3.05) is 7.05 Å². The van der Waals surface area contributed by atoms with Crippen molar-refractivity contribution in [2.24, 2.45) is 11.3 Å². The molecule has 0 bridgehead atoms. The molecule has 0 saturated heterocycles. The number of halogens is 1. The van der Waals surface area contributed by atoms with E-state index in [2.05, 4.69) is 31.3 Å². The first-order chi connectivity index (χ1) is 10.0. The molecular formula is C18H24ClNO. The zero-order valence-corrected chi connectivity index (χ0v) is 13.8. The highest BCUT2D eigenvalue weighted by Crippen LogP contribution is 2.47. The third-order valence-electron chi connectivity index (χ3n) is 5.13. The van der Waals surface area contributed by atoms with Crippen LogP contribution in [0.25, 0.3) is 11.0 Å². The van der Waals surface area contributed by atoms with Crippen LogP contribution >= 0.6 is 11.6 Å². The number of hydrogen-bond acceptors (Lipinski definition) is 2. The van der Waals surface area contributed by atoms with Gasteiger partial charge in [0.05, 0.1) is 11.1 Å². The number of hydrogen-bond donors (Lipinski definition) is 1. The van der Waals surface area contributed by atoms with Crippen molar-refractivity contribution in [1.82, 2.24) is 5.32 Å². The fourth-order valence-corrected chi connectivity index (χ4v) is 4.10. The summed E-state index contributed by atoms with van der Waals surface area (Å²) in [6.07, 6.45) is 5.19. The van der Waals surface area contributed by atoms with E-state index in [9.17, 15) is 0 Å². The lowest BCUT2D eigenvalue weighted by molar-refractivity contribution is 0.0933. The highest BCUT2D eigenvalue weighted by molar-refractivity contribution is 6.34. The first-order valence-corrected chi connectivity index (χ1v) is 8.26. The first kappa shape index (κ1) is 14.9. The lowest BCUT2D eigenvalue weighted by Gasteiger charge is -2.42. The molecule has 1 aromatic carbocycles. The van der Waals surface area contributed by atoms with Gasteiger partial charge in [-0.3, -0.25) is 0 Å². The topological polar surface area (TPSA) is 25.2 Å². The maximum absolute atomic E-state index is 6.25. The highest BCUT2D eigenvalue weighted by atomic mass is 35.5. The molecule has 21 heavy (non-hydrogen) atoms. The fraction of sp³-hybridized carbons (Fsp3) is 0.556. The Balaban J connectivity index is 1.99. The second-order valence-electron chi connectivity index (χ2n) is 6.91. The Bertz CT molecular complexity index is 631. The quantitative estimate of drug-likeness (QED) is 0.802. The molecule has 1 aliphatic rings. The van der Waals surface area contributed by atoms with E-state index < -0.39 is 0 Å². The molecule has 2 nitrogen and oxygen atoms in total. The average molecular weight is 306 g/mol. The molecule has 2 atom stereocenters. The van der Waals surface area contributed by atoms with Crippen LogP contribution < -0.4 is 5.32 Å². The number of furan rings is 1. The molecular weight excluding hydrogens is 282 g/mol. The normalized spacial score (nSPS) is 23.3. The minimum Gasteiger partial charge on any atom is -0.458 e. The summed E-state index contributed by atoms with van der Waals surface area (Å²) in [5.74, 6) is 1.61. The summed E-state index contributed by atoms with van der Waals surface area (Å²) >= 11 is 6.25. The predicted octanol–water partition coefficient (Wildman–Crippen LogP) is 5.56. The summed E-state index contributed by atoms with van der Waals surface area (Å²) in [6, 6.07) is 8.32. The van der Waals surface area contributed by atoms with Crippen LogP contribution in [0.1, 0.15) is 51.3 Å². The minimum absolute atomic E-state index is 0.253. The molecule has 0 spiro atoms. The van der Waals surface area contributed by atoms with Crippen LogP contribution in [-0.4, -0.2) is 7.05 Å². The van der Waals surface area contributed by atoms with Crippen LogP contribution in [0.3, 0.4) is 0 Å². The molecule has 0 amide bonds. The van der Waals surface area contributed by atoms with Gasteiger partial charge in [-0.2, -0.15) is 0 Å². The van der Waals surface area contributed by atoms with Crippen LogP contribution in [-0.2, 0) is 0 Å².